The third-order valence-electron chi connectivity index (χ3n) is 7.48. The van der Waals surface area contributed by atoms with Gasteiger partial charge in [0.15, 0.2) is 5.82 Å². The fraction of sp³-hybridized carbons (Fsp3) is 0.375. The first-order valence-electron chi connectivity index (χ1n) is 11.2. The third kappa shape index (κ3) is 3.19. The fourth-order valence-electron chi connectivity index (χ4n) is 5.88. The molecule has 2 bridgehead atoms. The van der Waals surface area contributed by atoms with E-state index in [1.807, 2.05) is 23.9 Å². The average molecular weight is 468 g/mol. The van der Waals surface area contributed by atoms with Crippen LogP contribution in [0.25, 0.3) is 33.3 Å². The number of aromatic amines is 1. The predicted molar refractivity (Wildman–Crippen MR) is 125 cm³/mol. The minimum Gasteiger partial charge on any atom is -0.481 e. The van der Waals surface area contributed by atoms with Crippen molar-refractivity contribution in [1.82, 2.24) is 19.5 Å². The lowest BCUT2D eigenvalue weighted by Crippen LogP contribution is -2.51. The van der Waals surface area contributed by atoms with Gasteiger partial charge in [0.2, 0.25) is 0 Å². The molecule has 3 aliphatic rings. The van der Waals surface area contributed by atoms with Gasteiger partial charge in [0, 0.05) is 36.4 Å². The van der Waals surface area contributed by atoms with Gasteiger partial charge in [-0.2, -0.15) is 0 Å². The molecule has 170 valence electrons. The molecule has 1 aromatic carbocycles. The average Bonchev–Trinajstić information content (AvgIpc) is 3.38. The molecule has 9 heteroatoms. The Hall–Kier alpha value is -3.13. The van der Waals surface area contributed by atoms with Crippen LogP contribution in [0.3, 0.4) is 0 Å². The number of nitrogens with zero attached hydrogens (tertiary/aromatic N) is 3. The van der Waals surface area contributed by atoms with E-state index < -0.39 is 17.7 Å². The molecule has 7 rings (SSSR count). The first-order chi connectivity index (χ1) is 15.9. The van der Waals surface area contributed by atoms with Gasteiger partial charge in [0.05, 0.1) is 21.8 Å². The van der Waals surface area contributed by atoms with Crippen molar-refractivity contribution in [3.63, 3.8) is 0 Å². The Bertz CT molecular complexity index is 1410. The summed E-state index contributed by atoms with van der Waals surface area (Å²) in [6.07, 6.45) is 7.63. The van der Waals surface area contributed by atoms with E-state index in [1.54, 1.807) is 6.20 Å². The Balaban J connectivity index is 1.49. The van der Waals surface area contributed by atoms with Gasteiger partial charge in [-0.05, 0) is 55.7 Å². The molecule has 0 spiro atoms. The molecule has 3 aromatic heterocycles. The van der Waals surface area contributed by atoms with E-state index in [2.05, 4.69) is 10.3 Å². The van der Waals surface area contributed by atoms with Gasteiger partial charge in [-0.1, -0.05) is 11.6 Å². The van der Waals surface area contributed by atoms with Gasteiger partial charge in [-0.3, -0.25) is 4.79 Å². The number of carboxylic acid groups (broad SMARTS) is 1. The Labute approximate surface area is 194 Å². The molecule has 2 unspecified atom stereocenters. The minimum atomic E-state index is -0.748. The maximum atomic E-state index is 14.1. The zero-order valence-corrected chi connectivity index (χ0v) is 18.7. The molecule has 4 aromatic rings. The van der Waals surface area contributed by atoms with Gasteiger partial charge >= 0.3 is 5.97 Å². The van der Waals surface area contributed by atoms with Crippen LogP contribution in [0, 0.1) is 23.6 Å². The van der Waals surface area contributed by atoms with Crippen molar-refractivity contribution in [1.29, 1.82) is 0 Å². The van der Waals surface area contributed by atoms with Crippen LogP contribution in [0.4, 0.5) is 10.2 Å². The van der Waals surface area contributed by atoms with E-state index in [9.17, 15) is 14.3 Å². The third-order valence-corrected chi connectivity index (χ3v) is 7.78. The van der Waals surface area contributed by atoms with Crippen molar-refractivity contribution in [2.24, 2.45) is 24.8 Å². The lowest BCUT2D eigenvalue weighted by atomic mass is 9.61. The molecule has 3 heterocycles. The summed E-state index contributed by atoms with van der Waals surface area (Å²) >= 11 is 6.22. The monoisotopic (exact) mass is 467 g/mol. The number of aliphatic carboxylic acids is 1. The Morgan fingerprint density at radius 1 is 1.21 bits per heavy atom. The minimum absolute atomic E-state index is 0.184. The molecule has 3 aliphatic carbocycles. The Morgan fingerprint density at radius 2 is 1.97 bits per heavy atom. The van der Waals surface area contributed by atoms with Gasteiger partial charge in [0.25, 0.3) is 0 Å². The maximum Gasteiger partial charge on any atom is 0.308 e. The number of halogens is 2. The van der Waals surface area contributed by atoms with Gasteiger partial charge in [-0.15, -0.1) is 0 Å². The summed E-state index contributed by atoms with van der Waals surface area (Å²) in [5, 5.41) is 15.2. The number of aromatic nitrogens is 4. The number of fused-ring (bicyclic) bond motifs is 5. The number of hydrogen-bond acceptors (Lipinski definition) is 4. The second kappa shape index (κ2) is 7.45. The molecule has 0 radical (unpaired) electrons. The zero-order chi connectivity index (χ0) is 22.9. The van der Waals surface area contributed by atoms with E-state index in [-0.39, 0.29) is 17.0 Å². The Kier molecular flexibility index (Phi) is 4.62. The van der Waals surface area contributed by atoms with Crippen LogP contribution < -0.4 is 5.32 Å². The maximum absolute atomic E-state index is 14.1. The second-order valence-electron chi connectivity index (χ2n) is 9.28. The number of carbonyl (C=O) groups is 1. The summed E-state index contributed by atoms with van der Waals surface area (Å²) in [7, 11) is 1.90. The molecule has 2 atom stereocenters. The molecule has 0 saturated heterocycles. The van der Waals surface area contributed by atoms with Crippen LogP contribution in [0.2, 0.25) is 5.02 Å². The van der Waals surface area contributed by atoms with Crippen LogP contribution in [-0.4, -0.2) is 36.6 Å². The number of nitrogens with one attached hydrogen (secondary N) is 2. The van der Waals surface area contributed by atoms with E-state index >= 15 is 0 Å². The lowest BCUT2D eigenvalue weighted by molar-refractivity contribution is -0.148. The Morgan fingerprint density at radius 3 is 2.73 bits per heavy atom. The van der Waals surface area contributed by atoms with E-state index in [4.69, 9.17) is 21.6 Å². The van der Waals surface area contributed by atoms with Crippen molar-refractivity contribution in [3.8, 4) is 11.4 Å². The summed E-state index contributed by atoms with van der Waals surface area (Å²) in [6.45, 7) is 0. The molecule has 33 heavy (non-hydrogen) atoms. The largest absolute Gasteiger partial charge is 0.481 e. The molecular weight excluding hydrogens is 445 g/mol. The van der Waals surface area contributed by atoms with Crippen LogP contribution in [0.15, 0.2) is 30.6 Å². The SMILES string of the molecule is Cn1ccc2c(NC3C4CCC(CC4)C3C(=O)O)nc(-c3c[nH]c4c(Cl)cc(F)cc34)nc21. The second-order valence-corrected chi connectivity index (χ2v) is 9.69. The summed E-state index contributed by atoms with van der Waals surface area (Å²) in [6, 6.07) is 4.43. The highest BCUT2D eigenvalue weighted by molar-refractivity contribution is 6.35. The summed E-state index contributed by atoms with van der Waals surface area (Å²) in [5.41, 5.74) is 1.97. The van der Waals surface area contributed by atoms with Gasteiger partial charge in [-0.25, -0.2) is 14.4 Å². The number of aryl methyl sites for hydroxylation is 1. The van der Waals surface area contributed by atoms with Crippen molar-refractivity contribution >= 4 is 45.3 Å². The van der Waals surface area contributed by atoms with E-state index in [1.165, 1.54) is 12.1 Å². The molecule has 0 amide bonds. The molecule has 3 N–H and O–H groups in total. The number of hydrogen-bond donors (Lipinski definition) is 3. The smallest absolute Gasteiger partial charge is 0.308 e. The summed E-state index contributed by atoms with van der Waals surface area (Å²) in [5.74, 6) is -0.0959. The fourth-order valence-corrected chi connectivity index (χ4v) is 6.14. The summed E-state index contributed by atoms with van der Waals surface area (Å²) < 4.78 is 16.0. The molecule has 3 fully saturated rings. The van der Waals surface area contributed by atoms with Crippen molar-refractivity contribution in [2.45, 2.75) is 31.7 Å². The van der Waals surface area contributed by atoms with Crippen molar-refractivity contribution in [2.75, 3.05) is 5.32 Å². The van der Waals surface area contributed by atoms with E-state index in [0.29, 0.717) is 39.7 Å². The number of benzene rings is 1. The van der Waals surface area contributed by atoms with Crippen LogP contribution in [-0.2, 0) is 11.8 Å². The lowest BCUT2D eigenvalue weighted by Gasteiger charge is -2.47. The highest BCUT2D eigenvalue weighted by Gasteiger charge is 2.47. The quantitative estimate of drug-likeness (QED) is 0.383. The first-order valence-corrected chi connectivity index (χ1v) is 11.6. The topological polar surface area (TPSA) is 95.8 Å². The highest BCUT2D eigenvalue weighted by atomic mass is 35.5. The number of rotatable bonds is 4. The molecular formula is C24H23ClFN5O2. The van der Waals surface area contributed by atoms with Crippen LogP contribution in [0.1, 0.15) is 25.7 Å². The number of carboxylic acids is 1. The normalized spacial score (nSPS) is 24.6. The van der Waals surface area contributed by atoms with E-state index in [0.717, 1.165) is 31.1 Å². The molecule has 0 aliphatic heterocycles. The highest BCUT2D eigenvalue weighted by Crippen LogP contribution is 2.46. The van der Waals surface area contributed by atoms with Gasteiger partial charge in [0.1, 0.15) is 17.3 Å². The first kappa shape index (κ1) is 20.5. The van der Waals surface area contributed by atoms with Crippen LogP contribution in [0.5, 0.6) is 0 Å². The molecule has 3 saturated carbocycles. The number of anilines is 1. The standard InChI is InChI=1S/C24H23ClFN5O2/c1-31-7-6-14-21(28-19-12-4-2-11(3-5-12)18(19)24(32)33)29-22(30-23(14)31)16-10-27-20-15(16)8-13(26)9-17(20)25/h6-12,18-19,27H,2-5H2,1H3,(H,32,33)(H,28,29,30). The molecule has 7 nitrogen and oxygen atoms in total. The zero-order valence-electron chi connectivity index (χ0n) is 18.0. The summed E-state index contributed by atoms with van der Waals surface area (Å²) in [4.78, 5) is 24.8. The van der Waals surface area contributed by atoms with Crippen LogP contribution >= 0.6 is 11.6 Å². The van der Waals surface area contributed by atoms with Gasteiger partial charge < -0.3 is 20.0 Å². The predicted octanol–water partition coefficient (Wildman–Crippen LogP) is 5.21. The number of H-pyrrole nitrogens is 1. The van der Waals surface area contributed by atoms with Crippen molar-refractivity contribution < 1.29 is 14.3 Å². The van der Waals surface area contributed by atoms with Crippen molar-refractivity contribution in [3.05, 3.63) is 41.4 Å².